The van der Waals surface area contributed by atoms with Crippen molar-refractivity contribution in [1.29, 1.82) is 0 Å². The number of allylic oxidation sites excluding steroid dienone is 1. The molecule has 0 aromatic carbocycles. The molecule has 0 radical (unpaired) electrons. The molecular weight excluding hydrogens is 356 g/mol. The first-order valence-corrected chi connectivity index (χ1v) is 13.1. The minimum Gasteiger partial charge on any atom is -0.545 e. The Labute approximate surface area is 166 Å². The van der Waals surface area contributed by atoms with Crippen LogP contribution in [0.25, 0.3) is 0 Å². The number of epoxide rings is 2. The molecule has 3 aliphatic rings. The lowest BCUT2D eigenvalue weighted by molar-refractivity contribution is -0.0278. The molecular formula is C22H38O4Si. The molecule has 1 aliphatic carbocycles. The van der Waals surface area contributed by atoms with E-state index in [9.17, 15) is 0 Å². The molecule has 0 saturated carbocycles. The lowest BCUT2D eigenvalue weighted by Crippen LogP contribution is -2.51. The van der Waals surface area contributed by atoms with Crippen LogP contribution in [0.4, 0.5) is 0 Å². The third-order valence-electron chi connectivity index (χ3n) is 7.08. The van der Waals surface area contributed by atoms with Crippen molar-refractivity contribution in [2.45, 2.75) is 95.9 Å². The molecule has 2 aliphatic heterocycles. The van der Waals surface area contributed by atoms with E-state index in [1.54, 1.807) is 7.11 Å². The van der Waals surface area contributed by atoms with Crippen LogP contribution in [0.2, 0.25) is 18.1 Å². The second-order valence-electron chi connectivity index (χ2n) is 10.5. The average molecular weight is 395 g/mol. The number of hydrogen-bond acceptors (Lipinski definition) is 4. The Morgan fingerprint density at radius 2 is 1.96 bits per heavy atom. The van der Waals surface area contributed by atoms with Crippen molar-refractivity contribution >= 4 is 8.32 Å². The Bertz CT molecular complexity index is 637. The molecule has 3 rings (SSSR count). The smallest absolute Gasteiger partial charge is 0.250 e. The van der Waals surface area contributed by atoms with Crippen molar-refractivity contribution in [2.75, 3.05) is 13.7 Å². The maximum atomic E-state index is 6.71. The van der Waals surface area contributed by atoms with Gasteiger partial charge in [-0.05, 0) is 51.4 Å². The van der Waals surface area contributed by atoms with Crippen LogP contribution in [0.15, 0.2) is 23.5 Å². The van der Waals surface area contributed by atoms with Crippen molar-refractivity contribution in [3.05, 3.63) is 23.5 Å². The van der Waals surface area contributed by atoms with E-state index in [2.05, 4.69) is 66.8 Å². The first-order chi connectivity index (χ1) is 12.4. The van der Waals surface area contributed by atoms with Crippen molar-refractivity contribution in [2.24, 2.45) is 5.92 Å². The number of methoxy groups -OCH3 is 1. The molecule has 2 fully saturated rings. The van der Waals surface area contributed by atoms with Gasteiger partial charge in [0.2, 0.25) is 8.32 Å². The highest BCUT2D eigenvalue weighted by Crippen LogP contribution is 2.59. The van der Waals surface area contributed by atoms with E-state index in [1.807, 2.05) is 0 Å². The molecule has 5 atom stereocenters. The topological polar surface area (TPSA) is 43.5 Å². The molecule has 0 bridgehead atoms. The molecule has 0 aromatic heterocycles. The molecule has 4 nitrogen and oxygen atoms in total. The molecule has 0 amide bonds. The van der Waals surface area contributed by atoms with Crippen molar-refractivity contribution in [1.82, 2.24) is 0 Å². The summed E-state index contributed by atoms with van der Waals surface area (Å²) in [5, 5.41) is 0.152. The normalized spacial score (nSPS) is 38.4. The zero-order valence-corrected chi connectivity index (χ0v) is 19.6. The summed E-state index contributed by atoms with van der Waals surface area (Å²) < 4.78 is 25.0. The zero-order valence-electron chi connectivity index (χ0n) is 18.6. The first kappa shape index (κ1) is 21.1. The summed E-state index contributed by atoms with van der Waals surface area (Å²) in [6, 6.07) is 0. The lowest BCUT2D eigenvalue weighted by Gasteiger charge is -2.43. The van der Waals surface area contributed by atoms with Gasteiger partial charge in [0, 0.05) is 13.5 Å². The van der Waals surface area contributed by atoms with E-state index in [1.165, 1.54) is 5.57 Å². The molecule has 1 spiro atoms. The summed E-state index contributed by atoms with van der Waals surface area (Å²) in [5.41, 5.74) is 0.966. The quantitative estimate of drug-likeness (QED) is 0.352. The van der Waals surface area contributed by atoms with Crippen LogP contribution in [-0.4, -0.2) is 45.4 Å². The molecule has 1 unspecified atom stereocenters. The fraction of sp³-hybridized carbons (Fsp3) is 0.818. The van der Waals surface area contributed by atoms with E-state index in [4.69, 9.17) is 18.6 Å². The minimum atomic E-state index is -1.93. The third kappa shape index (κ3) is 3.80. The fourth-order valence-electron chi connectivity index (χ4n) is 4.14. The van der Waals surface area contributed by atoms with Gasteiger partial charge in [0.1, 0.15) is 23.1 Å². The highest BCUT2D eigenvalue weighted by atomic mass is 28.4. The molecule has 27 heavy (non-hydrogen) atoms. The standard InChI is InChI=1S/C22H38O4Si/c1-15(2)10-11-17-21(6,25-17)19-18(23-7)16(12-13-22(19)14-24-22)26-27(8,9)20(3,4)5/h10,12,17-19H,11,13-14H2,1-9H3/t17-,18-,19-,21?,22+/m1/s1. The second-order valence-corrected chi connectivity index (χ2v) is 15.2. The van der Waals surface area contributed by atoms with Crippen LogP contribution < -0.4 is 0 Å². The van der Waals surface area contributed by atoms with Gasteiger partial charge in [-0.1, -0.05) is 32.4 Å². The van der Waals surface area contributed by atoms with Crippen LogP contribution in [0.1, 0.15) is 54.4 Å². The van der Waals surface area contributed by atoms with Gasteiger partial charge in [0.05, 0.1) is 18.6 Å². The minimum absolute atomic E-state index is 0.114. The predicted molar refractivity (Wildman–Crippen MR) is 111 cm³/mol. The van der Waals surface area contributed by atoms with Gasteiger partial charge in [-0.3, -0.25) is 0 Å². The predicted octanol–water partition coefficient (Wildman–Crippen LogP) is 5.21. The summed E-state index contributed by atoms with van der Waals surface area (Å²) in [4.78, 5) is 0. The van der Waals surface area contributed by atoms with Gasteiger partial charge in [-0.2, -0.15) is 0 Å². The van der Waals surface area contributed by atoms with Crippen LogP contribution >= 0.6 is 0 Å². The molecule has 5 heteroatoms. The molecule has 2 heterocycles. The van der Waals surface area contributed by atoms with Gasteiger partial charge < -0.3 is 18.6 Å². The Balaban J connectivity index is 1.85. The molecule has 2 saturated heterocycles. The fourth-order valence-corrected chi connectivity index (χ4v) is 5.24. The van der Waals surface area contributed by atoms with Crippen LogP contribution in [0.5, 0.6) is 0 Å². The molecule has 0 aromatic rings. The van der Waals surface area contributed by atoms with Gasteiger partial charge in [0.15, 0.2) is 0 Å². The van der Waals surface area contributed by atoms with Gasteiger partial charge in [-0.25, -0.2) is 0 Å². The Morgan fingerprint density at radius 1 is 1.33 bits per heavy atom. The zero-order chi connectivity index (χ0) is 20.3. The average Bonchev–Trinajstić information content (AvgIpc) is 3.44. The summed E-state index contributed by atoms with van der Waals surface area (Å²) >= 11 is 0. The highest BCUT2D eigenvalue weighted by Gasteiger charge is 2.71. The van der Waals surface area contributed by atoms with Crippen molar-refractivity contribution < 1.29 is 18.6 Å². The van der Waals surface area contributed by atoms with Crippen LogP contribution in [-0.2, 0) is 18.6 Å². The SMILES string of the molecule is CO[C@@H]1C(O[Si](C)(C)C(C)(C)C)=CC[C@]2(CO2)[C@H]1C1(C)O[C@@H]1CC=C(C)C. The summed E-state index contributed by atoms with van der Waals surface area (Å²) in [7, 11) is -0.141. The number of rotatable bonds is 6. The van der Waals surface area contributed by atoms with Crippen molar-refractivity contribution in [3.63, 3.8) is 0 Å². The van der Waals surface area contributed by atoms with E-state index in [-0.39, 0.29) is 34.4 Å². The van der Waals surface area contributed by atoms with E-state index >= 15 is 0 Å². The van der Waals surface area contributed by atoms with E-state index in [0.717, 1.165) is 25.2 Å². The Morgan fingerprint density at radius 3 is 2.44 bits per heavy atom. The van der Waals surface area contributed by atoms with Crippen molar-refractivity contribution in [3.8, 4) is 0 Å². The monoisotopic (exact) mass is 394 g/mol. The molecule has 0 N–H and O–H groups in total. The summed E-state index contributed by atoms with van der Waals surface area (Å²) in [6.07, 6.45) is 6.43. The lowest BCUT2D eigenvalue weighted by atomic mass is 9.71. The maximum absolute atomic E-state index is 6.71. The maximum Gasteiger partial charge on any atom is 0.250 e. The second kappa shape index (κ2) is 6.72. The van der Waals surface area contributed by atoms with Gasteiger partial charge in [-0.15, -0.1) is 0 Å². The summed E-state index contributed by atoms with van der Waals surface area (Å²) in [5.74, 6) is 1.16. The summed E-state index contributed by atoms with van der Waals surface area (Å²) in [6.45, 7) is 18.7. The van der Waals surface area contributed by atoms with E-state index < -0.39 is 8.32 Å². The number of ether oxygens (including phenoxy) is 3. The van der Waals surface area contributed by atoms with Gasteiger partial charge in [0.25, 0.3) is 0 Å². The first-order valence-electron chi connectivity index (χ1n) is 10.2. The third-order valence-corrected chi connectivity index (χ3v) is 11.4. The Kier molecular flexibility index (Phi) is 5.25. The van der Waals surface area contributed by atoms with Gasteiger partial charge >= 0.3 is 0 Å². The Hall–Kier alpha value is -0.623. The highest BCUT2D eigenvalue weighted by molar-refractivity contribution is 6.74. The van der Waals surface area contributed by atoms with Crippen LogP contribution in [0.3, 0.4) is 0 Å². The number of hydrogen-bond donors (Lipinski definition) is 0. The molecule has 154 valence electrons. The largest absolute Gasteiger partial charge is 0.545 e. The van der Waals surface area contributed by atoms with Crippen LogP contribution in [0, 0.1) is 5.92 Å². The van der Waals surface area contributed by atoms with E-state index in [0.29, 0.717) is 0 Å².